The Bertz CT molecular complexity index is 791. The van der Waals surface area contributed by atoms with Gasteiger partial charge in [0.1, 0.15) is 39.4 Å². The van der Waals surface area contributed by atoms with Gasteiger partial charge in [-0.15, -0.1) is 0 Å². The first kappa shape index (κ1) is 17.6. The molecule has 1 aromatic heterocycles. The lowest BCUT2D eigenvalue weighted by molar-refractivity contribution is -0.914. The first-order valence-electron chi connectivity index (χ1n) is 9.47. The molecule has 0 aliphatic carbocycles. The van der Waals surface area contributed by atoms with Crippen molar-refractivity contribution in [3.63, 3.8) is 0 Å². The summed E-state index contributed by atoms with van der Waals surface area (Å²) in [5.74, 6) is 2.57. The molecular weight excluding hydrogens is 344 g/mol. The lowest BCUT2D eigenvalue weighted by Crippen LogP contribution is -3.19. The number of fused-ring (bicyclic) bond motifs is 1. The van der Waals surface area contributed by atoms with Gasteiger partial charge in [-0.25, -0.2) is 4.98 Å². The molecule has 0 saturated carbocycles. The highest BCUT2D eigenvalue weighted by Crippen LogP contribution is 2.32. The van der Waals surface area contributed by atoms with E-state index in [1.54, 1.807) is 0 Å². The van der Waals surface area contributed by atoms with Crippen molar-refractivity contribution in [3.8, 4) is 11.5 Å². The van der Waals surface area contributed by atoms with E-state index in [0.29, 0.717) is 19.0 Å². The van der Waals surface area contributed by atoms with Crippen LogP contribution in [-0.2, 0) is 4.79 Å². The molecule has 1 saturated heterocycles. The van der Waals surface area contributed by atoms with Crippen LogP contribution in [0.1, 0.15) is 6.92 Å². The number of hydrogen-bond acceptors (Lipinski definition) is 4. The Balaban J connectivity index is 1.33. The molecule has 1 amide bonds. The third-order valence-electron chi connectivity index (χ3n) is 5.25. The third kappa shape index (κ3) is 3.98. The van der Waals surface area contributed by atoms with E-state index in [4.69, 9.17) is 9.47 Å². The van der Waals surface area contributed by atoms with E-state index in [-0.39, 0.29) is 11.9 Å². The predicted molar refractivity (Wildman–Crippen MR) is 101 cm³/mol. The standard InChI is InChI=1S/C20H24N4O3/c1-15(23-8-10-24(11-9-23)19-4-2-3-7-21-19)20(25)22-16-5-6-17-18(14-16)27-13-12-26-17/h2-7,14-15H,8-13H2,1H3,(H,22,25)/p+2/t15-/m1/s1. The number of carbonyl (C=O) groups is 1. The number of hydrogen-bond donors (Lipinski definition) is 2. The Hall–Kier alpha value is -2.80. The number of nitrogens with one attached hydrogen (secondary N) is 3. The fourth-order valence-corrected chi connectivity index (χ4v) is 3.61. The maximum atomic E-state index is 12.7. The molecule has 2 aliphatic rings. The molecule has 1 aromatic carbocycles. The maximum Gasteiger partial charge on any atom is 0.282 e. The summed E-state index contributed by atoms with van der Waals surface area (Å²) in [7, 11) is 0. The summed E-state index contributed by atoms with van der Waals surface area (Å²) in [4.78, 5) is 19.6. The largest absolute Gasteiger partial charge is 0.486 e. The minimum atomic E-state index is -0.111. The van der Waals surface area contributed by atoms with Crippen LogP contribution in [0.25, 0.3) is 0 Å². The predicted octanol–water partition coefficient (Wildman–Crippen LogP) is 0.00400. The van der Waals surface area contributed by atoms with Crippen LogP contribution < -0.4 is 29.6 Å². The zero-order valence-corrected chi connectivity index (χ0v) is 15.5. The van der Waals surface area contributed by atoms with Gasteiger partial charge in [0.05, 0.1) is 6.20 Å². The molecular formula is C20H26N4O3+2. The van der Waals surface area contributed by atoms with Gasteiger partial charge in [-0.2, -0.15) is 0 Å². The molecule has 0 bridgehead atoms. The van der Waals surface area contributed by atoms with Crippen LogP contribution in [0, 0.1) is 0 Å². The molecule has 1 fully saturated rings. The number of aromatic nitrogens is 1. The molecule has 3 N–H and O–H groups in total. The topological polar surface area (TPSA) is 69.4 Å². The third-order valence-corrected chi connectivity index (χ3v) is 5.25. The number of piperazine rings is 1. The molecule has 0 radical (unpaired) electrons. The Morgan fingerprint density at radius 1 is 1.15 bits per heavy atom. The summed E-state index contributed by atoms with van der Waals surface area (Å²) < 4.78 is 11.1. The molecule has 0 spiro atoms. The highest BCUT2D eigenvalue weighted by Gasteiger charge is 2.32. The molecule has 3 heterocycles. The summed E-state index contributed by atoms with van der Waals surface area (Å²) in [5.41, 5.74) is 0.744. The van der Waals surface area contributed by atoms with Crippen LogP contribution in [0.5, 0.6) is 11.5 Å². The smallest absolute Gasteiger partial charge is 0.282 e. The number of rotatable bonds is 4. The van der Waals surface area contributed by atoms with Crippen LogP contribution in [0.2, 0.25) is 0 Å². The number of carbonyl (C=O) groups excluding carboxylic acids is 1. The maximum absolute atomic E-state index is 12.7. The molecule has 27 heavy (non-hydrogen) atoms. The number of benzene rings is 1. The van der Waals surface area contributed by atoms with Crippen LogP contribution in [0.3, 0.4) is 0 Å². The molecule has 0 unspecified atom stereocenters. The van der Waals surface area contributed by atoms with Crippen LogP contribution >= 0.6 is 0 Å². The average Bonchev–Trinajstić information content (AvgIpc) is 2.74. The van der Waals surface area contributed by atoms with Crippen molar-refractivity contribution >= 4 is 17.4 Å². The van der Waals surface area contributed by atoms with Crippen molar-refractivity contribution in [3.05, 3.63) is 42.6 Å². The summed E-state index contributed by atoms with van der Waals surface area (Å²) in [5, 5.41) is 3.02. The lowest BCUT2D eigenvalue weighted by atomic mass is 10.2. The summed E-state index contributed by atoms with van der Waals surface area (Å²) in [6.45, 7) is 6.80. The number of pyridine rings is 1. The molecule has 7 nitrogen and oxygen atoms in total. The van der Waals surface area contributed by atoms with E-state index < -0.39 is 0 Å². The normalized spacial score (nSPS) is 18.0. The van der Waals surface area contributed by atoms with Crippen molar-refractivity contribution < 1.29 is 24.2 Å². The van der Waals surface area contributed by atoms with E-state index >= 15 is 0 Å². The quantitative estimate of drug-likeness (QED) is 0.795. The summed E-state index contributed by atoms with van der Waals surface area (Å²) >= 11 is 0. The zero-order chi connectivity index (χ0) is 18.6. The second kappa shape index (κ2) is 7.84. The van der Waals surface area contributed by atoms with E-state index in [1.807, 2.05) is 43.5 Å². The van der Waals surface area contributed by atoms with Gasteiger partial charge in [0.2, 0.25) is 0 Å². The van der Waals surface area contributed by atoms with Crippen molar-refractivity contribution in [2.45, 2.75) is 13.0 Å². The van der Waals surface area contributed by atoms with E-state index in [0.717, 1.165) is 43.4 Å². The van der Waals surface area contributed by atoms with Crippen molar-refractivity contribution in [2.24, 2.45) is 0 Å². The molecule has 2 aliphatic heterocycles. The Morgan fingerprint density at radius 3 is 2.67 bits per heavy atom. The van der Waals surface area contributed by atoms with Crippen LogP contribution in [0.15, 0.2) is 42.6 Å². The van der Waals surface area contributed by atoms with Crippen LogP contribution in [-0.4, -0.2) is 51.3 Å². The van der Waals surface area contributed by atoms with Crippen molar-refractivity contribution in [1.82, 2.24) is 0 Å². The van der Waals surface area contributed by atoms with E-state index in [1.165, 1.54) is 4.90 Å². The van der Waals surface area contributed by atoms with Gasteiger partial charge < -0.3 is 19.7 Å². The highest BCUT2D eigenvalue weighted by atomic mass is 16.6. The van der Waals surface area contributed by atoms with Gasteiger partial charge in [0, 0.05) is 17.8 Å². The fraction of sp³-hybridized carbons (Fsp3) is 0.400. The average molecular weight is 370 g/mol. The minimum absolute atomic E-state index is 0.0291. The number of amides is 1. The fourth-order valence-electron chi connectivity index (χ4n) is 3.61. The van der Waals surface area contributed by atoms with Gasteiger partial charge in [-0.1, -0.05) is 6.07 Å². The summed E-state index contributed by atoms with van der Waals surface area (Å²) in [6.07, 6.45) is 1.94. The second-order valence-corrected chi connectivity index (χ2v) is 6.96. The Morgan fingerprint density at radius 2 is 1.93 bits per heavy atom. The number of nitrogens with zero attached hydrogens (tertiary/aromatic N) is 1. The van der Waals surface area contributed by atoms with Gasteiger partial charge in [0.25, 0.3) is 11.7 Å². The van der Waals surface area contributed by atoms with Gasteiger partial charge in [0.15, 0.2) is 17.5 Å². The monoisotopic (exact) mass is 370 g/mol. The van der Waals surface area contributed by atoms with Crippen molar-refractivity contribution in [1.29, 1.82) is 0 Å². The summed E-state index contributed by atoms with van der Waals surface area (Å²) in [6, 6.07) is 11.5. The number of anilines is 2. The number of aromatic amines is 1. The van der Waals surface area contributed by atoms with E-state index in [9.17, 15) is 4.79 Å². The van der Waals surface area contributed by atoms with E-state index in [2.05, 4.69) is 21.3 Å². The molecule has 4 rings (SSSR count). The number of H-pyrrole nitrogens is 1. The number of quaternary nitrogens is 1. The molecule has 142 valence electrons. The van der Waals surface area contributed by atoms with Crippen LogP contribution in [0.4, 0.5) is 11.5 Å². The first-order valence-corrected chi connectivity index (χ1v) is 9.47. The van der Waals surface area contributed by atoms with Crippen molar-refractivity contribution in [2.75, 3.05) is 49.6 Å². The Kier molecular flexibility index (Phi) is 5.11. The minimum Gasteiger partial charge on any atom is -0.486 e. The lowest BCUT2D eigenvalue weighted by Gasteiger charge is -2.31. The SMILES string of the molecule is C[C@H](C(=O)Nc1ccc2c(c1)OCCO2)[NH+]1CCN(c2cccc[nH+]2)CC1. The molecule has 1 atom stereocenters. The molecule has 2 aromatic rings. The Labute approximate surface area is 158 Å². The van der Waals surface area contributed by atoms with Gasteiger partial charge in [-0.05, 0) is 25.1 Å². The number of ether oxygens (including phenoxy) is 2. The van der Waals surface area contributed by atoms with Gasteiger partial charge in [-0.3, -0.25) is 9.69 Å². The highest BCUT2D eigenvalue weighted by molar-refractivity contribution is 5.94. The second-order valence-electron chi connectivity index (χ2n) is 6.96. The zero-order valence-electron chi connectivity index (χ0n) is 15.5. The first-order chi connectivity index (χ1) is 13.2. The molecule has 7 heteroatoms. The van der Waals surface area contributed by atoms with Gasteiger partial charge >= 0.3 is 0 Å².